The third-order valence-electron chi connectivity index (χ3n) is 2.65. The van der Waals surface area contributed by atoms with Gasteiger partial charge in [0.15, 0.2) is 0 Å². The number of methoxy groups -OCH3 is 1. The fourth-order valence-corrected chi connectivity index (χ4v) is 1.93. The number of hydrogen-bond donors (Lipinski definition) is 1. The highest BCUT2D eigenvalue weighted by Crippen LogP contribution is 2.27. The number of benzene rings is 1. The SMILES string of the molecule is COCCCn1nc(C)c2c(O)cccc21. The van der Waals surface area contributed by atoms with Gasteiger partial charge in [-0.2, -0.15) is 5.10 Å². The number of fused-ring (bicyclic) bond motifs is 1. The Kier molecular flexibility index (Phi) is 3.10. The molecule has 0 radical (unpaired) electrons. The Hall–Kier alpha value is -1.55. The highest BCUT2D eigenvalue weighted by Gasteiger charge is 2.09. The van der Waals surface area contributed by atoms with E-state index < -0.39 is 0 Å². The van der Waals surface area contributed by atoms with Gasteiger partial charge in [-0.3, -0.25) is 4.68 Å². The molecule has 0 spiro atoms. The summed E-state index contributed by atoms with van der Waals surface area (Å²) in [4.78, 5) is 0. The molecule has 0 atom stereocenters. The summed E-state index contributed by atoms with van der Waals surface area (Å²) >= 11 is 0. The number of ether oxygens (including phenoxy) is 1. The average Bonchev–Trinajstić information content (AvgIpc) is 2.58. The second kappa shape index (κ2) is 4.53. The molecule has 0 fully saturated rings. The summed E-state index contributed by atoms with van der Waals surface area (Å²) in [6.07, 6.45) is 0.919. The molecule has 86 valence electrons. The van der Waals surface area contributed by atoms with Crippen LogP contribution in [0.3, 0.4) is 0 Å². The summed E-state index contributed by atoms with van der Waals surface area (Å²) < 4.78 is 6.94. The molecule has 0 aliphatic carbocycles. The van der Waals surface area contributed by atoms with Gasteiger partial charge in [-0.1, -0.05) is 6.07 Å². The minimum Gasteiger partial charge on any atom is -0.507 e. The fourth-order valence-electron chi connectivity index (χ4n) is 1.93. The van der Waals surface area contributed by atoms with Crippen LogP contribution in [0.15, 0.2) is 18.2 Å². The summed E-state index contributed by atoms with van der Waals surface area (Å²) in [6, 6.07) is 5.50. The molecule has 1 aromatic carbocycles. The smallest absolute Gasteiger partial charge is 0.126 e. The van der Waals surface area contributed by atoms with Crippen molar-refractivity contribution < 1.29 is 9.84 Å². The van der Waals surface area contributed by atoms with E-state index >= 15 is 0 Å². The Morgan fingerprint density at radius 1 is 1.44 bits per heavy atom. The minimum absolute atomic E-state index is 0.299. The third-order valence-corrected chi connectivity index (χ3v) is 2.65. The molecular formula is C12H16N2O2. The van der Waals surface area contributed by atoms with Crippen LogP contribution in [0.2, 0.25) is 0 Å². The van der Waals surface area contributed by atoms with E-state index in [1.54, 1.807) is 13.2 Å². The molecule has 0 unspecified atom stereocenters. The van der Waals surface area contributed by atoms with E-state index in [2.05, 4.69) is 5.10 Å². The molecule has 0 bridgehead atoms. The van der Waals surface area contributed by atoms with E-state index in [1.807, 2.05) is 23.7 Å². The Labute approximate surface area is 94.5 Å². The molecule has 1 N–H and O–H groups in total. The van der Waals surface area contributed by atoms with Crippen molar-refractivity contribution in [3.8, 4) is 5.75 Å². The van der Waals surface area contributed by atoms with Crippen molar-refractivity contribution in [2.45, 2.75) is 19.9 Å². The van der Waals surface area contributed by atoms with Gasteiger partial charge in [0.2, 0.25) is 0 Å². The quantitative estimate of drug-likeness (QED) is 0.802. The second-order valence-corrected chi connectivity index (χ2v) is 3.83. The first kappa shape index (κ1) is 11.0. The number of aromatic nitrogens is 2. The third kappa shape index (κ3) is 1.88. The molecule has 4 heteroatoms. The molecule has 16 heavy (non-hydrogen) atoms. The van der Waals surface area contributed by atoms with Crippen LogP contribution < -0.4 is 0 Å². The number of hydrogen-bond acceptors (Lipinski definition) is 3. The maximum atomic E-state index is 9.76. The van der Waals surface area contributed by atoms with Crippen LogP contribution >= 0.6 is 0 Å². The second-order valence-electron chi connectivity index (χ2n) is 3.83. The van der Waals surface area contributed by atoms with Gasteiger partial charge >= 0.3 is 0 Å². The zero-order valence-corrected chi connectivity index (χ0v) is 9.60. The van der Waals surface area contributed by atoms with E-state index in [9.17, 15) is 5.11 Å². The van der Waals surface area contributed by atoms with Gasteiger partial charge in [0.25, 0.3) is 0 Å². The number of nitrogens with zero attached hydrogens (tertiary/aromatic N) is 2. The zero-order valence-electron chi connectivity index (χ0n) is 9.60. The first-order chi connectivity index (χ1) is 7.74. The number of phenols is 1. The zero-order chi connectivity index (χ0) is 11.5. The van der Waals surface area contributed by atoms with Crippen molar-refractivity contribution >= 4 is 10.9 Å². The van der Waals surface area contributed by atoms with Crippen LogP contribution in [-0.2, 0) is 11.3 Å². The molecule has 2 rings (SSSR count). The van der Waals surface area contributed by atoms with Gasteiger partial charge in [-0.05, 0) is 25.5 Å². The van der Waals surface area contributed by atoms with Gasteiger partial charge in [0, 0.05) is 20.3 Å². The highest BCUT2D eigenvalue weighted by atomic mass is 16.5. The maximum absolute atomic E-state index is 9.76. The monoisotopic (exact) mass is 220 g/mol. The Bertz CT molecular complexity index is 491. The standard InChI is InChI=1S/C12H16N2O2/c1-9-12-10(5-3-6-11(12)15)14(13-9)7-4-8-16-2/h3,5-6,15H,4,7-8H2,1-2H3. The number of aryl methyl sites for hydroxylation is 2. The van der Waals surface area contributed by atoms with E-state index in [1.165, 1.54) is 0 Å². The molecule has 0 aliphatic rings. The minimum atomic E-state index is 0.299. The molecule has 0 amide bonds. The molecule has 0 saturated carbocycles. The van der Waals surface area contributed by atoms with Gasteiger partial charge < -0.3 is 9.84 Å². The van der Waals surface area contributed by atoms with Crippen LogP contribution in [0, 0.1) is 6.92 Å². The van der Waals surface area contributed by atoms with E-state index in [-0.39, 0.29) is 0 Å². The summed E-state index contributed by atoms with van der Waals surface area (Å²) in [6.45, 7) is 3.44. The van der Waals surface area contributed by atoms with Gasteiger partial charge in [0.1, 0.15) is 5.75 Å². The van der Waals surface area contributed by atoms with Crippen LogP contribution in [0.25, 0.3) is 10.9 Å². The lowest BCUT2D eigenvalue weighted by Crippen LogP contribution is -2.03. The summed E-state index contributed by atoms with van der Waals surface area (Å²) in [5.74, 6) is 0.299. The van der Waals surface area contributed by atoms with E-state index in [0.29, 0.717) is 5.75 Å². The van der Waals surface area contributed by atoms with Crippen LogP contribution in [-0.4, -0.2) is 28.6 Å². The van der Waals surface area contributed by atoms with Crippen molar-refractivity contribution in [2.75, 3.05) is 13.7 Å². The highest BCUT2D eigenvalue weighted by molar-refractivity contribution is 5.87. The molecule has 0 aliphatic heterocycles. The largest absolute Gasteiger partial charge is 0.507 e. The fraction of sp³-hybridized carbons (Fsp3) is 0.417. The number of rotatable bonds is 4. The summed E-state index contributed by atoms with van der Waals surface area (Å²) in [5.41, 5.74) is 1.85. The lowest BCUT2D eigenvalue weighted by atomic mass is 10.2. The first-order valence-corrected chi connectivity index (χ1v) is 5.38. The van der Waals surface area contributed by atoms with Crippen molar-refractivity contribution in [3.63, 3.8) is 0 Å². The van der Waals surface area contributed by atoms with Gasteiger partial charge in [-0.25, -0.2) is 0 Å². The van der Waals surface area contributed by atoms with Crippen molar-refractivity contribution in [3.05, 3.63) is 23.9 Å². The van der Waals surface area contributed by atoms with Crippen LogP contribution in [0.1, 0.15) is 12.1 Å². The Balaban J connectivity index is 2.36. The topological polar surface area (TPSA) is 47.3 Å². The normalized spacial score (nSPS) is 11.1. The molecular weight excluding hydrogens is 204 g/mol. The summed E-state index contributed by atoms with van der Waals surface area (Å²) in [5, 5.41) is 15.0. The van der Waals surface area contributed by atoms with Gasteiger partial charge in [-0.15, -0.1) is 0 Å². The molecule has 0 saturated heterocycles. The number of phenolic OH excluding ortho intramolecular Hbond substituents is 1. The first-order valence-electron chi connectivity index (χ1n) is 5.38. The predicted octanol–water partition coefficient (Wildman–Crippen LogP) is 2.09. The van der Waals surface area contributed by atoms with Gasteiger partial charge in [0.05, 0.1) is 16.6 Å². The summed E-state index contributed by atoms with van der Waals surface area (Å²) in [7, 11) is 1.69. The molecule has 4 nitrogen and oxygen atoms in total. The molecule has 2 aromatic rings. The maximum Gasteiger partial charge on any atom is 0.126 e. The Morgan fingerprint density at radius 3 is 3.00 bits per heavy atom. The Morgan fingerprint density at radius 2 is 2.25 bits per heavy atom. The number of aromatic hydroxyl groups is 1. The van der Waals surface area contributed by atoms with Crippen molar-refractivity contribution in [1.29, 1.82) is 0 Å². The average molecular weight is 220 g/mol. The van der Waals surface area contributed by atoms with Crippen molar-refractivity contribution in [1.82, 2.24) is 9.78 Å². The van der Waals surface area contributed by atoms with Crippen LogP contribution in [0.4, 0.5) is 0 Å². The van der Waals surface area contributed by atoms with Crippen LogP contribution in [0.5, 0.6) is 5.75 Å². The van der Waals surface area contributed by atoms with E-state index in [0.717, 1.165) is 36.2 Å². The lowest BCUT2D eigenvalue weighted by molar-refractivity contribution is 0.189. The molecule has 1 aromatic heterocycles. The van der Waals surface area contributed by atoms with E-state index in [4.69, 9.17) is 4.74 Å². The van der Waals surface area contributed by atoms with Crippen molar-refractivity contribution in [2.24, 2.45) is 0 Å². The lowest BCUT2D eigenvalue weighted by Gasteiger charge is -2.02. The predicted molar refractivity (Wildman–Crippen MR) is 62.6 cm³/mol. The molecule has 1 heterocycles.